The van der Waals surface area contributed by atoms with Gasteiger partial charge in [-0.05, 0) is 19.8 Å². The highest BCUT2D eigenvalue weighted by Crippen LogP contribution is 2.07. The Morgan fingerprint density at radius 2 is 2.29 bits per heavy atom. The maximum atomic E-state index is 11.6. The quantitative estimate of drug-likeness (QED) is 0.694. The molecule has 1 aliphatic rings. The summed E-state index contributed by atoms with van der Waals surface area (Å²) in [6.07, 6.45) is 2.20. The molecule has 1 rings (SSSR count). The fourth-order valence-electron chi connectivity index (χ4n) is 1.82. The number of nitrogens with zero attached hydrogens (tertiary/aromatic N) is 1. The second kappa shape index (κ2) is 6.59. The third kappa shape index (κ3) is 4.34. The number of amides is 2. The van der Waals surface area contributed by atoms with Crippen molar-refractivity contribution in [1.29, 1.82) is 0 Å². The van der Waals surface area contributed by atoms with Crippen LogP contribution < -0.4 is 10.6 Å². The zero-order chi connectivity index (χ0) is 12.8. The van der Waals surface area contributed by atoms with Gasteiger partial charge in [0.05, 0.1) is 6.04 Å². The van der Waals surface area contributed by atoms with Crippen LogP contribution in [0.15, 0.2) is 0 Å². The van der Waals surface area contributed by atoms with Crippen molar-refractivity contribution in [1.82, 2.24) is 15.5 Å². The molecule has 5 heteroatoms. The number of hydrogen-bond acceptors (Lipinski definition) is 3. The van der Waals surface area contributed by atoms with E-state index in [1.807, 2.05) is 13.8 Å². The lowest BCUT2D eigenvalue weighted by atomic mass is 10.2. The van der Waals surface area contributed by atoms with E-state index in [0.29, 0.717) is 13.0 Å². The van der Waals surface area contributed by atoms with Crippen molar-refractivity contribution in [3.8, 4) is 0 Å². The zero-order valence-electron chi connectivity index (χ0n) is 11.0. The standard InChI is InChI=1S/C12H23N3O2/c1-4-9(2)14-11(16)5-7-13-10-6-8-15(3)12(10)17/h9-10,13H,4-8H2,1-3H3,(H,14,16). The molecule has 2 amide bonds. The molecule has 2 unspecified atom stereocenters. The molecule has 0 aromatic carbocycles. The average molecular weight is 241 g/mol. The number of likely N-dealkylation sites (tertiary alicyclic amines) is 1. The zero-order valence-corrected chi connectivity index (χ0v) is 11.0. The smallest absolute Gasteiger partial charge is 0.239 e. The Labute approximate surface area is 103 Å². The largest absolute Gasteiger partial charge is 0.354 e. The number of carbonyl (C=O) groups excluding carboxylic acids is 2. The highest BCUT2D eigenvalue weighted by molar-refractivity contribution is 5.83. The summed E-state index contributed by atoms with van der Waals surface area (Å²) in [6, 6.07) is 0.123. The highest BCUT2D eigenvalue weighted by atomic mass is 16.2. The van der Waals surface area contributed by atoms with Gasteiger partial charge in [0.25, 0.3) is 0 Å². The molecule has 5 nitrogen and oxygen atoms in total. The number of rotatable bonds is 6. The van der Waals surface area contributed by atoms with Gasteiger partial charge >= 0.3 is 0 Å². The molecule has 2 atom stereocenters. The Bertz CT molecular complexity index is 281. The predicted octanol–water partition coefficient (Wildman–Crippen LogP) is 0.112. The lowest BCUT2D eigenvalue weighted by molar-refractivity contribution is -0.128. The van der Waals surface area contributed by atoms with Gasteiger partial charge in [-0.1, -0.05) is 6.92 Å². The Morgan fingerprint density at radius 1 is 1.59 bits per heavy atom. The molecule has 0 aliphatic carbocycles. The van der Waals surface area contributed by atoms with Gasteiger partial charge in [-0.25, -0.2) is 0 Å². The first-order valence-electron chi connectivity index (χ1n) is 6.32. The van der Waals surface area contributed by atoms with Crippen LogP contribution in [-0.2, 0) is 9.59 Å². The number of carbonyl (C=O) groups is 2. The molecule has 1 heterocycles. The van der Waals surface area contributed by atoms with E-state index in [1.165, 1.54) is 0 Å². The normalized spacial score (nSPS) is 21.7. The van der Waals surface area contributed by atoms with Crippen LogP contribution in [-0.4, -0.2) is 48.9 Å². The van der Waals surface area contributed by atoms with Gasteiger partial charge < -0.3 is 15.5 Å². The first kappa shape index (κ1) is 14.0. The first-order chi connectivity index (χ1) is 8.04. The van der Waals surface area contributed by atoms with Crippen LogP contribution in [0.25, 0.3) is 0 Å². The van der Waals surface area contributed by atoms with Gasteiger partial charge in [-0.2, -0.15) is 0 Å². The van der Waals surface area contributed by atoms with Crippen molar-refractivity contribution in [2.75, 3.05) is 20.1 Å². The van der Waals surface area contributed by atoms with Crippen molar-refractivity contribution in [3.63, 3.8) is 0 Å². The summed E-state index contributed by atoms with van der Waals surface area (Å²) < 4.78 is 0. The van der Waals surface area contributed by atoms with Gasteiger partial charge in [0.15, 0.2) is 0 Å². The van der Waals surface area contributed by atoms with Crippen molar-refractivity contribution in [3.05, 3.63) is 0 Å². The van der Waals surface area contributed by atoms with E-state index in [4.69, 9.17) is 0 Å². The lowest BCUT2D eigenvalue weighted by Gasteiger charge is -2.13. The minimum absolute atomic E-state index is 0.0469. The molecule has 0 aromatic rings. The molecule has 0 radical (unpaired) electrons. The van der Waals surface area contributed by atoms with Crippen LogP contribution in [0.2, 0.25) is 0 Å². The fraction of sp³-hybridized carbons (Fsp3) is 0.833. The maximum absolute atomic E-state index is 11.6. The minimum atomic E-state index is -0.101. The predicted molar refractivity (Wildman–Crippen MR) is 66.6 cm³/mol. The molecule has 98 valence electrons. The molecule has 0 spiro atoms. The van der Waals surface area contributed by atoms with Gasteiger partial charge in [-0.3, -0.25) is 9.59 Å². The fourth-order valence-corrected chi connectivity index (χ4v) is 1.82. The van der Waals surface area contributed by atoms with Crippen molar-refractivity contribution in [2.24, 2.45) is 0 Å². The number of nitrogens with one attached hydrogen (secondary N) is 2. The van der Waals surface area contributed by atoms with E-state index in [0.717, 1.165) is 19.4 Å². The van der Waals surface area contributed by atoms with Crippen LogP contribution >= 0.6 is 0 Å². The third-order valence-corrected chi connectivity index (χ3v) is 3.19. The SMILES string of the molecule is CCC(C)NC(=O)CCNC1CCN(C)C1=O. The van der Waals surface area contributed by atoms with Gasteiger partial charge in [-0.15, -0.1) is 0 Å². The summed E-state index contributed by atoms with van der Waals surface area (Å²) in [7, 11) is 1.81. The van der Waals surface area contributed by atoms with E-state index in [2.05, 4.69) is 10.6 Å². The van der Waals surface area contributed by atoms with Gasteiger partial charge in [0.1, 0.15) is 0 Å². The van der Waals surface area contributed by atoms with Crippen molar-refractivity contribution in [2.45, 2.75) is 45.2 Å². The van der Waals surface area contributed by atoms with E-state index in [9.17, 15) is 9.59 Å². The Hall–Kier alpha value is -1.10. The Morgan fingerprint density at radius 3 is 2.82 bits per heavy atom. The molecule has 1 fully saturated rings. The summed E-state index contributed by atoms with van der Waals surface area (Å²) in [4.78, 5) is 24.8. The summed E-state index contributed by atoms with van der Waals surface area (Å²) >= 11 is 0. The van der Waals surface area contributed by atoms with E-state index in [-0.39, 0.29) is 23.9 Å². The third-order valence-electron chi connectivity index (χ3n) is 3.19. The van der Waals surface area contributed by atoms with Crippen LogP contribution in [0.4, 0.5) is 0 Å². The van der Waals surface area contributed by atoms with Gasteiger partial charge in [0.2, 0.25) is 11.8 Å². The summed E-state index contributed by atoms with van der Waals surface area (Å²) in [5, 5.41) is 6.03. The van der Waals surface area contributed by atoms with Gasteiger partial charge in [0, 0.05) is 32.6 Å². The molecule has 1 saturated heterocycles. The van der Waals surface area contributed by atoms with Crippen LogP contribution in [0.5, 0.6) is 0 Å². The summed E-state index contributed by atoms with van der Waals surface area (Å²) in [5.74, 6) is 0.179. The molecular formula is C12H23N3O2. The number of hydrogen-bond donors (Lipinski definition) is 2. The molecule has 2 N–H and O–H groups in total. The number of likely N-dealkylation sites (N-methyl/N-ethyl adjacent to an activating group) is 1. The maximum Gasteiger partial charge on any atom is 0.239 e. The molecule has 1 aliphatic heterocycles. The molecule has 0 bridgehead atoms. The van der Waals surface area contributed by atoms with Crippen LogP contribution in [0.3, 0.4) is 0 Å². The Kier molecular flexibility index (Phi) is 5.41. The summed E-state index contributed by atoms with van der Waals surface area (Å²) in [5.41, 5.74) is 0. The molecule has 0 saturated carbocycles. The van der Waals surface area contributed by atoms with Crippen molar-refractivity contribution >= 4 is 11.8 Å². The second-order valence-corrected chi connectivity index (χ2v) is 4.68. The van der Waals surface area contributed by atoms with Crippen LogP contribution in [0, 0.1) is 0 Å². The topological polar surface area (TPSA) is 61.4 Å². The molecule has 0 aromatic heterocycles. The monoisotopic (exact) mass is 241 g/mol. The molecular weight excluding hydrogens is 218 g/mol. The highest BCUT2D eigenvalue weighted by Gasteiger charge is 2.28. The van der Waals surface area contributed by atoms with E-state index < -0.39 is 0 Å². The average Bonchev–Trinajstić information content (AvgIpc) is 2.60. The minimum Gasteiger partial charge on any atom is -0.354 e. The Balaban J connectivity index is 2.16. The lowest BCUT2D eigenvalue weighted by Crippen LogP contribution is -2.40. The van der Waals surface area contributed by atoms with E-state index in [1.54, 1.807) is 11.9 Å². The van der Waals surface area contributed by atoms with E-state index >= 15 is 0 Å². The van der Waals surface area contributed by atoms with Crippen LogP contribution in [0.1, 0.15) is 33.1 Å². The first-order valence-corrected chi connectivity index (χ1v) is 6.32. The van der Waals surface area contributed by atoms with Crippen molar-refractivity contribution < 1.29 is 9.59 Å². The second-order valence-electron chi connectivity index (χ2n) is 4.68. The molecule has 17 heavy (non-hydrogen) atoms. The summed E-state index contributed by atoms with van der Waals surface area (Å²) in [6.45, 7) is 5.39.